The monoisotopic (exact) mass is 205 g/mol. The quantitative estimate of drug-likeness (QED) is 0.816. The SMILES string of the molecule is CC1CCCN1CCc1ccc(N)cn1. The molecule has 0 radical (unpaired) electrons. The van der Waals surface area contributed by atoms with Crippen molar-refractivity contribution < 1.29 is 0 Å². The first-order valence-electron chi connectivity index (χ1n) is 5.70. The molecule has 1 atom stereocenters. The van der Waals surface area contributed by atoms with Gasteiger partial charge in [0.05, 0.1) is 11.9 Å². The molecule has 1 aliphatic heterocycles. The molecular formula is C12H19N3. The lowest BCUT2D eigenvalue weighted by Crippen LogP contribution is -2.29. The fourth-order valence-corrected chi connectivity index (χ4v) is 2.17. The second kappa shape index (κ2) is 4.62. The van der Waals surface area contributed by atoms with E-state index in [1.54, 1.807) is 6.20 Å². The molecule has 2 N–H and O–H groups in total. The minimum Gasteiger partial charge on any atom is -0.397 e. The Morgan fingerprint density at radius 1 is 1.53 bits per heavy atom. The molecule has 0 amide bonds. The molecule has 3 heteroatoms. The number of pyridine rings is 1. The van der Waals surface area contributed by atoms with Gasteiger partial charge in [0, 0.05) is 24.7 Å². The molecule has 0 aliphatic carbocycles. The van der Waals surface area contributed by atoms with Crippen molar-refractivity contribution in [2.24, 2.45) is 0 Å². The van der Waals surface area contributed by atoms with Crippen LogP contribution in [-0.4, -0.2) is 29.0 Å². The average molecular weight is 205 g/mol. The Hall–Kier alpha value is -1.09. The zero-order valence-electron chi connectivity index (χ0n) is 9.32. The highest BCUT2D eigenvalue weighted by molar-refractivity contribution is 5.34. The fraction of sp³-hybridized carbons (Fsp3) is 0.583. The third-order valence-corrected chi connectivity index (χ3v) is 3.19. The van der Waals surface area contributed by atoms with Crippen LogP contribution in [0.1, 0.15) is 25.5 Å². The van der Waals surface area contributed by atoms with Crippen LogP contribution >= 0.6 is 0 Å². The van der Waals surface area contributed by atoms with Crippen LogP contribution in [-0.2, 0) is 6.42 Å². The van der Waals surface area contributed by atoms with Crippen LogP contribution in [0.2, 0.25) is 0 Å². The van der Waals surface area contributed by atoms with Crippen molar-refractivity contribution in [3.05, 3.63) is 24.0 Å². The largest absolute Gasteiger partial charge is 0.397 e. The highest BCUT2D eigenvalue weighted by Crippen LogP contribution is 2.16. The number of anilines is 1. The van der Waals surface area contributed by atoms with E-state index >= 15 is 0 Å². The van der Waals surface area contributed by atoms with E-state index in [0.29, 0.717) is 0 Å². The fourth-order valence-electron chi connectivity index (χ4n) is 2.17. The maximum atomic E-state index is 5.59. The molecule has 1 aromatic heterocycles. The molecule has 1 aromatic rings. The van der Waals surface area contributed by atoms with Gasteiger partial charge in [0.1, 0.15) is 0 Å². The Kier molecular flexibility index (Phi) is 3.21. The topological polar surface area (TPSA) is 42.1 Å². The van der Waals surface area contributed by atoms with Crippen molar-refractivity contribution in [2.45, 2.75) is 32.2 Å². The summed E-state index contributed by atoms with van der Waals surface area (Å²) in [7, 11) is 0. The molecule has 0 spiro atoms. The minimum absolute atomic E-state index is 0.744. The van der Waals surface area contributed by atoms with Gasteiger partial charge in [0.25, 0.3) is 0 Å². The Morgan fingerprint density at radius 3 is 3.00 bits per heavy atom. The van der Waals surface area contributed by atoms with E-state index in [9.17, 15) is 0 Å². The van der Waals surface area contributed by atoms with Crippen molar-refractivity contribution in [1.82, 2.24) is 9.88 Å². The number of nitrogen functional groups attached to an aromatic ring is 1. The van der Waals surface area contributed by atoms with E-state index in [-0.39, 0.29) is 0 Å². The van der Waals surface area contributed by atoms with Gasteiger partial charge in [-0.3, -0.25) is 4.98 Å². The maximum absolute atomic E-state index is 5.59. The molecule has 1 saturated heterocycles. The van der Waals surface area contributed by atoms with Gasteiger partial charge in [-0.1, -0.05) is 0 Å². The molecule has 3 nitrogen and oxygen atoms in total. The molecule has 0 saturated carbocycles. The zero-order chi connectivity index (χ0) is 10.7. The molecule has 1 aliphatic rings. The predicted octanol–water partition coefficient (Wildman–Crippen LogP) is 1.69. The number of likely N-dealkylation sites (tertiary alicyclic amines) is 1. The lowest BCUT2D eigenvalue weighted by atomic mass is 10.2. The molecule has 15 heavy (non-hydrogen) atoms. The van der Waals surface area contributed by atoms with E-state index in [0.717, 1.165) is 30.4 Å². The van der Waals surface area contributed by atoms with E-state index in [1.807, 2.05) is 12.1 Å². The summed E-state index contributed by atoms with van der Waals surface area (Å²) in [5.74, 6) is 0. The molecule has 82 valence electrons. The van der Waals surface area contributed by atoms with Crippen LogP contribution in [0.4, 0.5) is 5.69 Å². The molecule has 0 bridgehead atoms. The van der Waals surface area contributed by atoms with E-state index in [4.69, 9.17) is 5.73 Å². The van der Waals surface area contributed by atoms with Crippen molar-refractivity contribution in [2.75, 3.05) is 18.8 Å². The van der Waals surface area contributed by atoms with Gasteiger partial charge in [-0.2, -0.15) is 0 Å². The molecule has 2 heterocycles. The Labute approximate surface area is 91.3 Å². The summed E-state index contributed by atoms with van der Waals surface area (Å²) in [4.78, 5) is 6.85. The third kappa shape index (κ3) is 2.69. The van der Waals surface area contributed by atoms with E-state index < -0.39 is 0 Å². The molecular weight excluding hydrogens is 186 g/mol. The molecule has 1 unspecified atom stereocenters. The Bertz CT molecular complexity index is 307. The van der Waals surface area contributed by atoms with Crippen molar-refractivity contribution >= 4 is 5.69 Å². The van der Waals surface area contributed by atoms with Crippen LogP contribution in [0, 0.1) is 0 Å². The average Bonchev–Trinajstić information content (AvgIpc) is 2.63. The number of hydrogen-bond acceptors (Lipinski definition) is 3. The predicted molar refractivity (Wildman–Crippen MR) is 62.6 cm³/mol. The van der Waals surface area contributed by atoms with Crippen molar-refractivity contribution in [3.8, 4) is 0 Å². The van der Waals surface area contributed by atoms with Gasteiger partial charge < -0.3 is 10.6 Å². The number of aromatic nitrogens is 1. The summed E-state index contributed by atoms with van der Waals surface area (Å²) in [6.07, 6.45) is 5.46. The first-order valence-corrected chi connectivity index (χ1v) is 5.70. The first-order chi connectivity index (χ1) is 7.25. The van der Waals surface area contributed by atoms with Crippen LogP contribution < -0.4 is 5.73 Å². The van der Waals surface area contributed by atoms with Crippen molar-refractivity contribution in [3.63, 3.8) is 0 Å². The van der Waals surface area contributed by atoms with Gasteiger partial charge in [-0.25, -0.2) is 0 Å². The van der Waals surface area contributed by atoms with Crippen LogP contribution in [0.15, 0.2) is 18.3 Å². The molecule has 2 rings (SSSR count). The highest BCUT2D eigenvalue weighted by atomic mass is 15.2. The first kappa shape index (κ1) is 10.4. The summed E-state index contributed by atoms with van der Waals surface area (Å²) >= 11 is 0. The summed E-state index contributed by atoms with van der Waals surface area (Å²) < 4.78 is 0. The summed E-state index contributed by atoms with van der Waals surface area (Å²) in [6, 6.07) is 4.70. The second-order valence-corrected chi connectivity index (χ2v) is 4.36. The van der Waals surface area contributed by atoms with Crippen LogP contribution in [0.3, 0.4) is 0 Å². The Morgan fingerprint density at radius 2 is 2.40 bits per heavy atom. The molecule has 1 fully saturated rings. The lowest BCUT2D eigenvalue weighted by molar-refractivity contribution is 0.271. The summed E-state index contributed by atoms with van der Waals surface area (Å²) in [5.41, 5.74) is 7.48. The van der Waals surface area contributed by atoms with Gasteiger partial charge in [-0.15, -0.1) is 0 Å². The van der Waals surface area contributed by atoms with Crippen LogP contribution in [0.5, 0.6) is 0 Å². The third-order valence-electron chi connectivity index (χ3n) is 3.19. The number of rotatable bonds is 3. The van der Waals surface area contributed by atoms with Gasteiger partial charge in [0.2, 0.25) is 0 Å². The van der Waals surface area contributed by atoms with Crippen molar-refractivity contribution in [1.29, 1.82) is 0 Å². The van der Waals surface area contributed by atoms with E-state index in [2.05, 4.69) is 16.8 Å². The van der Waals surface area contributed by atoms with Gasteiger partial charge >= 0.3 is 0 Å². The van der Waals surface area contributed by atoms with Gasteiger partial charge in [0.15, 0.2) is 0 Å². The zero-order valence-corrected chi connectivity index (χ0v) is 9.32. The number of nitrogens with two attached hydrogens (primary N) is 1. The maximum Gasteiger partial charge on any atom is 0.0501 e. The van der Waals surface area contributed by atoms with Crippen LogP contribution in [0.25, 0.3) is 0 Å². The number of nitrogens with zero attached hydrogens (tertiary/aromatic N) is 2. The smallest absolute Gasteiger partial charge is 0.0501 e. The standard InChI is InChI=1S/C12H19N3/c1-10-3-2-7-15(10)8-6-12-5-4-11(13)9-14-12/h4-5,9-10H,2-3,6-8,13H2,1H3. The normalized spacial score (nSPS) is 22.1. The van der Waals surface area contributed by atoms with Gasteiger partial charge in [-0.05, 0) is 38.4 Å². The summed E-state index contributed by atoms with van der Waals surface area (Å²) in [5, 5.41) is 0. The minimum atomic E-state index is 0.744. The summed E-state index contributed by atoms with van der Waals surface area (Å²) in [6.45, 7) is 4.68. The lowest BCUT2D eigenvalue weighted by Gasteiger charge is -2.20. The number of hydrogen-bond donors (Lipinski definition) is 1. The Balaban J connectivity index is 1.85. The highest BCUT2D eigenvalue weighted by Gasteiger charge is 2.19. The van der Waals surface area contributed by atoms with E-state index in [1.165, 1.54) is 19.4 Å². The second-order valence-electron chi connectivity index (χ2n) is 4.36. The molecule has 0 aromatic carbocycles.